The molecule has 1 fully saturated rings. The van der Waals surface area contributed by atoms with E-state index in [1.807, 2.05) is 24.3 Å². The standard InChI is InChI=1S/C23H26O2/c1-15-5-3-7-18(11-15)23-21(16-9-10-16)13-19(14-22(23)24)17-6-4-8-20(12-17)25-2/h4,6,8,11-14,16,18,24H,3,5,7,9-10H2,1-2H3. The van der Waals surface area contributed by atoms with Crippen molar-refractivity contribution in [2.24, 2.45) is 0 Å². The largest absolute Gasteiger partial charge is 0.508 e. The van der Waals surface area contributed by atoms with Crippen LogP contribution in [-0.4, -0.2) is 12.2 Å². The summed E-state index contributed by atoms with van der Waals surface area (Å²) in [4.78, 5) is 0. The van der Waals surface area contributed by atoms with Crippen LogP contribution in [0.1, 0.15) is 62.0 Å². The van der Waals surface area contributed by atoms with Crippen LogP contribution in [0.15, 0.2) is 48.0 Å². The highest BCUT2D eigenvalue weighted by molar-refractivity contribution is 5.70. The van der Waals surface area contributed by atoms with Crippen molar-refractivity contribution in [2.45, 2.75) is 50.9 Å². The van der Waals surface area contributed by atoms with Crippen LogP contribution in [0.25, 0.3) is 11.1 Å². The Balaban J connectivity index is 1.80. The molecule has 1 N–H and O–H groups in total. The van der Waals surface area contributed by atoms with Gasteiger partial charge in [-0.3, -0.25) is 0 Å². The van der Waals surface area contributed by atoms with E-state index >= 15 is 0 Å². The first kappa shape index (κ1) is 16.3. The second kappa shape index (κ2) is 6.59. The fraction of sp³-hybridized carbons (Fsp3) is 0.391. The number of ether oxygens (including phenoxy) is 1. The molecule has 1 unspecified atom stereocenters. The van der Waals surface area contributed by atoms with Gasteiger partial charge in [-0.2, -0.15) is 0 Å². The Morgan fingerprint density at radius 1 is 1.04 bits per heavy atom. The van der Waals surface area contributed by atoms with E-state index in [0.29, 0.717) is 17.6 Å². The number of methoxy groups -OCH3 is 1. The zero-order chi connectivity index (χ0) is 17.4. The van der Waals surface area contributed by atoms with Gasteiger partial charge in [-0.05, 0) is 79.8 Å². The molecule has 1 atom stereocenters. The summed E-state index contributed by atoms with van der Waals surface area (Å²) in [5.74, 6) is 2.28. The van der Waals surface area contributed by atoms with E-state index in [2.05, 4.69) is 25.1 Å². The lowest BCUT2D eigenvalue weighted by molar-refractivity contribution is 0.415. The molecule has 4 rings (SSSR count). The molecule has 0 amide bonds. The third-order valence-electron chi connectivity index (χ3n) is 5.55. The predicted molar refractivity (Wildman–Crippen MR) is 102 cm³/mol. The molecule has 2 aromatic rings. The van der Waals surface area contributed by atoms with Crippen molar-refractivity contribution in [3.8, 4) is 22.6 Å². The van der Waals surface area contributed by atoms with Gasteiger partial charge in [0.2, 0.25) is 0 Å². The molecule has 2 aliphatic carbocycles. The molecule has 2 aromatic carbocycles. The summed E-state index contributed by atoms with van der Waals surface area (Å²) in [6, 6.07) is 12.3. The average Bonchev–Trinajstić information content (AvgIpc) is 3.46. The minimum Gasteiger partial charge on any atom is -0.508 e. The second-order valence-electron chi connectivity index (χ2n) is 7.52. The predicted octanol–water partition coefficient (Wildman–Crippen LogP) is 6.16. The first-order valence-corrected chi connectivity index (χ1v) is 9.34. The molecule has 25 heavy (non-hydrogen) atoms. The molecule has 0 heterocycles. The fourth-order valence-corrected chi connectivity index (χ4v) is 4.10. The molecule has 0 bridgehead atoms. The van der Waals surface area contributed by atoms with Crippen LogP contribution in [-0.2, 0) is 0 Å². The van der Waals surface area contributed by atoms with Gasteiger partial charge in [0.05, 0.1) is 7.11 Å². The maximum Gasteiger partial charge on any atom is 0.120 e. The lowest BCUT2D eigenvalue weighted by Gasteiger charge is -2.24. The van der Waals surface area contributed by atoms with E-state index in [1.54, 1.807) is 7.11 Å². The Labute approximate surface area is 150 Å². The van der Waals surface area contributed by atoms with Gasteiger partial charge in [0.25, 0.3) is 0 Å². The Kier molecular flexibility index (Phi) is 4.29. The van der Waals surface area contributed by atoms with E-state index < -0.39 is 0 Å². The molecule has 1 saturated carbocycles. The lowest BCUT2D eigenvalue weighted by atomic mass is 9.81. The molecule has 0 radical (unpaired) electrons. The number of phenolic OH excluding ortho intramolecular Hbond substituents is 1. The van der Waals surface area contributed by atoms with Crippen molar-refractivity contribution in [3.05, 3.63) is 59.2 Å². The lowest BCUT2D eigenvalue weighted by Crippen LogP contribution is -2.06. The number of hydrogen-bond acceptors (Lipinski definition) is 2. The van der Waals surface area contributed by atoms with Crippen molar-refractivity contribution in [1.29, 1.82) is 0 Å². The van der Waals surface area contributed by atoms with Crippen LogP contribution < -0.4 is 4.74 Å². The van der Waals surface area contributed by atoms with Crippen molar-refractivity contribution in [3.63, 3.8) is 0 Å². The zero-order valence-corrected chi connectivity index (χ0v) is 15.1. The molecule has 0 saturated heterocycles. The first-order chi connectivity index (χ1) is 12.2. The normalized spacial score (nSPS) is 20.2. The average molecular weight is 334 g/mol. The molecule has 0 aromatic heterocycles. The summed E-state index contributed by atoms with van der Waals surface area (Å²) in [5.41, 5.74) is 6.16. The highest BCUT2D eigenvalue weighted by Gasteiger charge is 2.31. The number of rotatable bonds is 4. The topological polar surface area (TPSA) is 29.5 Å². The van der Waals surface area contributed by atoms with Crippen LogP contribution in [0.5, 0.6) is 11.5 Å². The monoisotopic (exact) mass is 334 g/mol. The quantitative estimate of drug-likeness (QED) is 0.679. The second-order valence-corrected chi connectivity index (χ2v) is 7.52. The van der Waals surface area contributed by atoms with Gasteiger partial charge in [-0.25, -0.2) is 0 Å². The molecule has 0 spiro atoms. The van der Waals surface area contributed by atoms with Gasteiger partial charge in [0.1, 0.15) is 11.5 Å². The summed E-state index contributed by atoms with van der Waals surface area (Å²) in [5, 5.41) is 10.9. The van der Waals surface area contributed by atoms with Crippen LogP contribution in [0.2, 0.25) is 0 Å². The van der Waals surface area contributed by atoms with Crippen molar-refractivity contribution >= 4 is 0 Å². The van der Waals surface area contributed by atoms with Gasteiger partial charge < -0.3 is 9.84 Å². The SMILES string of the molecule is COc1cccc(-c2cc(O)c(C3C=C(C)CCC3)c(C3CC3)c2)c1. The number of benzene rings is 2. The van der Waals surface area contributed by atoms with Crippen molar-refractivity contribution < 1.29 is 9.84 Å². The van der Waals surface area contributed by atoms with Crippen LogP contribution in [0.4, 0.5) is 0 Å². The Morgan fingerprint density at radius 2 is 1.88 bits per heavy atom. The van der Waals surface area contributed by atoms with E-state index in [4.69, 9.17) is 4.74 Å². The van der Waals surface area contributed by atoms with Gasteiger partial charge in [-0.15, -0.1) is 0 Å². The van der Waals surface area contributed by atoms with E-state index in [1.165, 1.54) is 42.4 Å². The number of aromatic hydroxyl groups is 1. The van der Waals surface area contributed by atoms with Gasteiger partial charge in [0, 0.05) is 11.5 Å². The zero-order valence-electron chi connectivity index (χ0n) is 15.1. The highest BCUT2D eigenvalue weighted by Crippen LogP contribution is 2.49. The number of allylic oxidation sites excluding steroid dienone is 2. The van der Waals surface area contributed by atoms with Crippen LogP contribution in [0, 0.1) is 0 Å². The molecule has 0 aliphatic heterocycles. The molecular formula is C23H26O2. The Hall–Kier alpha value is -2.22. The Bertz CT molecular complexity index is 815. The summed E-state index contributed by atoms with van der Waals surface area (Å²) in [6.45, 7) is 2.21. The first-order valence-electron chi connectivity index (χ1n) is 9.34. The van der Waals surface area contributed by atoms with Crippen LogP contribution in [0.3, 0.4) is 0 Å². The fourth-order valence-electron chi connectivity index (χ4n) is 4.10. The summed E-state index contributed by atoms with van der Waals surface area (Å²) < 4.78 is 5.36. The van der Waals surface area contributed by atoms with Crippen LogP contribution >= 0.6 is 0 Å². The Morgan fingerprint density at radius 3 is 2.60 bits per heavy atom. The van der Waals surface area contributed by atoms with Gasteiger partial charge in [0.15, 0.2) is 0 Å². The number of phenols is 1. The molecule has 2 heteroatoms. The molecular weight excluding hydrogens is 308 g/mol. The summed E-state index contributed by atoms with van der Waals surface area (Å²) >= 11 is 0. The minimum absolute atomic E-state index is 0.365. The molecule has 2 aliphatic rings. The smallest absolute Gasteiger partial charge is 0.120 e. The minimum atomic E-state index is 0.365. The van der Waals surface area contributed by atoms with Gasteiger partial charge in [-0.1, -0.05) is 29.8 Å². The maximum absolute atomic E-state index is 10.9. The molecule has 2 nitrogen and oxygen atoms in total. The van der Waals surface area contributed by atoms with E-state index in [-0.39, 0.29) is 0 Å². The van der Waals surface area contributed by atoms with E-state index in [0.717, 1.165) is 23.3 Å². The third-order valence-corrected chi connectivity index (χ3v) is 5.55. The summed E-state index contributed by atoms with van der Waals surface area (Å²) in [7, 11) is 1.69. The van der Waals surface area contributed by atoms with Gasteiger partial charge >= 0.3 is 0 Å². The third kappa shape index (κ3) is 3.30. The summed E-state index contributed by atoms with van der Waals surface area (Å²) in [6.07, 6.45) is 8.40. The number of hydrogen-bond donors (Lipinski definition) is 1. The maximum atomic E-state index is 10.9. The van der Waals surface area contributed by atoms with E-state index in [9.17, 15) is 5.11 Å². The van der Waals surface area contributed by atoms with Crippen molar-refractivity contribution in [2.75, 3.05) is 7.11 Å². The highest BCUT2D eigenvalue weighted by atomic mass is 16.5. The molecule has 130 valence electrons. The van der Waals surface area contributed by atoms with Crippen molar-refractivity contribution in [1.82, 2.24) is 0 Å².